The summed E-state index contributed by atoms with van der Waals surface area (Å²) in [5.41, 5.74) is -0.205. The monoisotopic (exact) mass is 409 g/mol. The maximum absolute atomic E-state index is 13.0. The van der Waals surface area contributed by atoms with E-state index < -0.39 is 21.1 Å². The molecule has 3 rings (SSSR count). The average Bonchev–Trinajstić information content (AvgIpc) is 2.95. The molecule has 1 aromatic heterocycles. The third kappa shape index (κ3) is 3.77. The van der Waals surface area contributed by atoms with E-state index in [0.29, 0.717) is 11.5 Å². The number of hydrogen-bond acceptors (Lipinski definition) is 5. The first kappa shape index (κ1) is 19.6. The van der Waals surface area contributed by atoms with Crippen molar-refractivity contribution in [2.45, 2.75) is 26.2 Å². The smallest absolute Gasteiger partial charge is 0.277 e. The normalized spacial score (nSPS) is 16.1. The molecule has 9 heteroatoms. The van der Waals surface area contributed by atoms with Crippen LogP contribution < -0.4 is 5.56 Å². The van der Waals surface area contributed by atoms with Gasteiger partial charge in [-0.2, -0.15) is 4.36 Å². The molecule has 0 atom stereocenters. The van der Waals surface area contributed by atoms with Crippen molar-refractivity contribution in [3.05, 3.63) is 50.4 Å². The van der Waals surface area contributed by atoms with Gasteiger partial charge in [-0.25, -0.2) is 4.21 Å². The Balaban J connectivity index is 2.19. The summed E-state index contributed by atoms with van der Waals surface area (Å²) in [6, 6.07) is 2.85. The highest BCUT2D eigenvalue weighted by molar-refractivity contribution is 7.93. The molecule has 2 heterocycles. The number of aromatic amines is 1. The largest absolute Gasteiger partial charge is 0.302 e. The molecule has 0 radical (unpaired) electrons. The van der Waals surface area contributed by atoms with Crippen LogP contribution >= 0.6 is 11.6 Å². The zero-order valence-corrected chi connectivity index (χ0v) is 16.7. The van der Waals surface area contributed by atoms with Crippen molar-refractivity contribution in [2.75, 3.05) is 11.5 Å². The van der Waals surface area contributed by atoms with Gasteiger partial charge < -0.3 is 5.10 Å². The van der Waals surface area contributed by atoms with Crippen LogP contribution in [0, 0.1) is 0 Å². The Hall–Kier alpha value is -2.19. The third-order valence-electron chi connectivity index (χ3n) is 4.61. The first-order chi connectivity index (χ1) is 12.7. The Morgan fingerprint density at radius 1 is 1.15 bits per heavy atom. The van der Waals surface area contributed by atoms with Gasteiger partial charge in [-0.3, -0.25) is 19.1 Å². The van der Waals surface area contributed by atoms with Gasteiger partial charge in [-0.15, -0.1) is 0 Å². The van der Waals surface area contributed by atoms with Gasteiger partial charge in [0.15, 0.2) is 5.78 Å². The first-order valence-corrected chi connectivity index (χ1v) is 10.8. The second-order valence-corrected chi connectivity index (χ2v) is 9.51. The molecule has 0 spiro atoms. The lowest BCUT2D eigenvalue weighted by Crippen LogP contribution is -2.19. The molecule has 1 fully saturated rings. The van der Waals surface area contributed by atoms with Gasteiger partial charge in [0, 0.05) is 35.9 Å². The topological polar surface area (TPSA) is 101 Å². The molecule has 1 aliphatic rings. The number of hydrogen-bond donors (Lipinski definition) is 1. The van der Waals surface area contributed by atoms with Crippen LogP contribution in [0.25, 0.3) is 0 Å². The van der Waals surface area contributed by atoms with Gasteiger partial charge >= 0.3 is 0 Å². The number of aromatic nitrogens is 2. The number of nitrogens with one attached hydrogen (secondary N) is 1. The van der Waals surface area contributed by atoms with Gasteiger partial charge in [0.05, 0.1) is 14.8 Å². The highest BCUT2D eigenvalue weighted by Crippen LogP contribution is 2.36. The Kier molecular flexibility index (Phi) is 5.39. The molecule has 0 saturated carbocycles. The highest BCUT2D eigenvalue weighted by Gasteiger charge is 2.24. The van der Waals surface area contributed by atoms with Gasteiger partial charge in [0.2, 0.25) is 5.78 Å². The number of ketones is 2. The molecule has 1 aliphatic heterocycles. The minimum Gasteiger partial charge on any atom is -0.302 e. The molecule has 2 aromatic rings. The SMILES string of the molecule is CC(=O)c1ccc(C(=O)c2c[nH]n(C)c2=O)c(Cl)c1N=S1(=O)CCCCC1. The molecule has 1 aromatic carbocycles. The number of H-pyrrole nitrogens is 1. The number of carbonyl (C=O) groups excluding carboxylic acids is 2. The van der Waals surface area contributed by atoms with E-state index in [-0.39, 0.29) is 33.2 Å². The van der Waals surface area contributed by atoms with Gasteiger partial charge in [0.1, 0.15) is 11.3 Å². The van der Waals surface area contributed by atoms with Crippen molar-refractivity contribution >= 4 is 38.6 Å². The van der Waals surface area contributed by atoms with E-state index in [2.05, 4.69) is 9.46 Å². The predicted molar refractivity (Wildman–Crippen MR) is 105 cm³/mol. The summed E-state index contributed by atoms with van der Waals surface area (Å²) in [5.74, 6) is 0.0204. The maximum Gasteiger partial charge on any atom is 0.277 e. The molecule has 0 aliphatic carbocycles. The Morgan fingerprint density at radius 3 is 2.33 bits per heavy atom. The number of halogens is 1. The second kappa shape index (κ2) is 7.44. The highest BCUT2D eigenvalue weighted by atomic mass is 35.5. The predicted octanol–water partition coefficient (Wildman–Crippen LogP) is 3.08. The lowest BCUT2D eigenvalue weighted by atomic mass is 10.0. The Labute approximate surface area is 161 Å². The third-order valence-corrected chi connectivity index (χ3v) is 7.36. The van der Waals surface area contributed by atoms with Crippen LogP contribution in [0.2, 0.25) is 5.02 Å². The van der Waals surface area contributed by atoms with E-state index in [4.69, 9.17) is 11.6 Å². The average molecular weight is 410 g/mol. The number of benzene rings is 1. The Bertz CT molecular complexity index is 1090. The minimum absolute atomic E-state index is 0.0516. The molecule has 0 bridgehead atoms. The van der Waals surface area contributed by atoms with E-state index in [1.165, 1.54) is 37.0 Å². The molecule has 1 saturated heterocycles. The zero-order chi connectivity index (χ0) is 19.8. The van der Waals surface area contributed by atoms with Crippen molar-refractivity contribution in [1.82, 2.24) is 9.78 Å². The van der Waals surface area contributed by atoms with Crippen LogP contribution in [0.4, 0.5) is 5.69 Å². The standard InChI is InChI=1S/C18H20ClN3O4S/c1-11(23)12-6-7-13(17(24)14-10-20-22(2)18(14)25)15(19)16(12)21-27(26)8-4-3-5-9-27/h6-7,10,20H,3-5,8-9H2,1-2H3. The summed E-state index contributed by atoms with van der Waals surface area (Å²) in [4.78, 5) is 36.9. The van der Waals surface area contributed by atoms with E-state index >= 15 is 0 Å². The van der Waals surface area contributed by atoms with E-state index in [9.17, 15) is 18.6 Å². The second-order valence-electron chi connectivity index (χ2n) is 6.59. The minimum atomic E-state index is -2.53. The summed E-state index contributed by atoms with van der Waals surface area (Å²) in [6.07, 6.45) is 3.90. The van der Waals surface area contributed by atoms with E-state index in [0.717, 1.165) is 19.3 Å². The van der Waals surface area contributed by atoms with Crippen molar-refractivity contribution in [3.8, 4) is 0 Å². The molecule has 0 unspecified atom stereocenters. The van der Waals surface area contributed by atoms with E-state index in [1.807, 2.05) is 0 Å². The van der Waals surface area contributed by atoms with Crippen molar-refractivity contribution in [1.29, 1.82) is 0 Å². The summed E-state index contributed by atoms with van der Waals surface area (Å²) in [7, 11) is -1.03. The molecule has 7 nitrogen and oxygen atoms in total. The number of nitrogens with zero attached hydrogens (tertiary/aromatic N) is 2. The van der Waals surface area contributed by atoms with Gasteiger partial charge in [0.25, 0.3) is 5.56 Å². The molecule has 27 heavy (non-hydrogen) atoms. The lowest BCUT2D eigenvalue weighted by molar-refractivity contribution is 0.101. The fourth-order valence-corrected chi connectivity index (χ4v) is 5.64. The summed E-state index contributed by atoms with van der Waals surface area (Å²) in [5, 5.41) is 2.59. The van der Waals surface area contributed by atoms with Crippen LogP contribution in [0.15, 0.2) is 27.5 Å². The summed E-state index contributed by atoms with van der Waals surface area (Å²) >= 11 is 6.43. The molecule has 0 amide bonds. The maximum atomic E-state index is 13.0. The van der Waals surface area contributed by atoms with Crippen LogP contribution in [-0.4, -0.2) is 37.1 Å². The van der Waals surface area contributed by atoms with Crippen molar-refractivity contribution < 1.29 is 13.8 Å². The van der Waals surface area contributed by atoms with Gasteiger partial charge in [-0.05, 0) is 31.9 Å². The van der Waals surface area contributed by atoms with Crippen LogP contribution in [0.1, 0.15) is 52.5 Å². The van der Waals surface area contributed by atoms with E-state index in [1.54, 1.807) is 0 Å². The summed E-state index contributed by atoms with van der Waals surface area (Å²) in [6.45, 7) is 1.36. The summed E-state index contributed by atoms with van der Waals surface area (Å²) < 4.78 is 18.6. The number of aryl methyl sites for hydroxylation is 1. The van der Waals surface area contributed by atoms with Gasteiger partial charge in [-0.1, -0.05) is 18.0 Å². The molecular formula is C18H20ClN3O4S. The fraction of sp³-hybridized carbons (Fsp3) is 0.389. The van der Waals surface area contributed by atoms with Crippen LogP contribution in [-0.2, 0) is 16.8 Å². The molecular weight excluding hydrogens is 390 g/mol. The fourth-order valence-electron chi connectivity index (χ4n) is 3.08. The van der Waals surface area contributed by atoms with Crippen molar-refractivity contribution in [2.24, 2.45) is 11.4 Å². The molecule has 1 N–H and O–H groups in total. The number of carbonyl (C=O) groups is 2. The number of rotatable bonds is 4. The number of Topliss-reactive ketones (excluding diaryl/α,β-unsaturated/α-hetero) is 1. The van der Waals surface area contributed by atoms with Crippen molar-refractivity contribution in [3.63, 3.8) is 0 Å². The lowest BCUT2D eigenvalue weighted by Gasteiger charge is -2.17. The zero-order valence-electron chi connectivity index (χ0n) is 15.1. The molecule has 144 valence electrons. The van der Waals surface area contributed by atoms with Crippen LogP contribution in [0.5, 0.6) is 0 Å². The quantitative estimate of drug-likeness (QED) is 0.784. The Morgan fingerprint density at radius 2 is 1.78 bits per heavy atom. The van der Waals surface area contributed by atoms with Crippen LogP contribution in [0.3, 0.4) is 0 Å². The first-order valence-electron chi connectivity index (χ1n) is 8.58.